The van der Waals surface area contributed by atoms with Crippen LogP contribution in [0.25, 0.3) is 11.3 Å². The van der Waals surface area contributed by atoms with E-state index in [1.165, 1.54) is 0 Å². The van der Waals surface area contributed by atoms with Crippen LogP contribution >= 0.6 is 0 Å². The second-order valence-corrected chi connectivity index (χ2v) is 5.58. The molecule has 5 heteroatoms. The molecule has 0 bridgehead atoms. The van der Waals surface area contributed by atoms with Gasteiger partial charge in [-0.15, -0.1) is 0 Å². The molecule has 1 aromatic carbocycles. The van der Waals surface area contributed by atoms with E-state index in [2.05, 4.69) is 9.97 Å². The van der Waals surface area contributed by atoms with Crippen LogP contribution in [0.1, 0.15) is 21.6 Å². The Kier molecular flexibility index (Phi) is 5.04. The van der Waals surface area contributed by atoms with Gasteiger partial charge in [0.2, 0.25) is 0 Å². The van der Waals surface area contributed by atoms with E-state index in [1.807, 2.05) is 43.3 Å². The fourth-order valence-corrected chi connectivity index (χ4v) is 2.39. The number of rotatable bonds is 5. The van der Waals surface area contributed by atoms with Crippen molar-refractivity contribution in [3.05, 3.63) is 77.7 Å². The minimum absolute atomic E-state index is 0.169. The van der Waals surface area contributed by atoms with Crippen LogP contribution in [0.2, 0.25) is 0 Å². The van der Waals surface area contributed by atoms with Gasteiger partial charge < -0.3 is 9.47 Å². The van der Waals surface area contributed by atoms with Crippen molar-refractivity contribution >= 4 is 5.97 Å². The van der Waals surface area contributed by atoms with Gasteiger partial charge >= 0.3 is 5.97 Å². The Balaban J connectivity index is 1.72. The summed E-state index contributed by atoms with van der Waals surface area (Å²) in [5.74, 6) is 0.308. The predicted octanol–water partition coefficient (Wildman–Crippen LogP) is 3.82. The van der Waals surface area contributed by atoms with Crippen molar-refractivity contribution in [2.45, 2.75) is 13.5 Å². The lowest BCUT2D eigenvalue weighted by molar-refractivity contribution is 0.0465. The van der Waals surface area contributed by atoms with E-state index in [9.17, 15) is 4.79 Å². The number of benzene rings is 1. The molecule has 0 fully saturated rings. The second-order valence-electron chi connectivity index (χ2n) is 5.58. The van der Waals surface area contributed by atoms with Crippen LogP contribution in [0.5, 0.6) is 5.75 Å². The van der Waals surface area contributed by atoms with Crippen molar-refractivity contribution in [3.8, 4) is 17.0 Å². The van der Waals surface area contributed by atoms with E-state index in [-0.39, 0.29) is 12.3 Å². The summed E-state index contributed by atoms with van der Waals surface area (Å²) in [6.45, 7) is 2.11. The monoisotopic (exact) mass is 334 g/mol. The highest BCUT2D eigenvalue weighted by molar-refractivity contribution is 5.88. The van der Waals surface area contributed by atoms with Gasteiger partial charge in [-0.2, -0.15) is 0 Å². The summed E-state index contributed by atoms with van der Waals surface area (Å²) in [6, 6.07) is 14.7. The van der Waals surface area contributed by atoms with Gasteiger partial charge in [0.1, 0.15) is 18.1 Å². The van der Waals surface area contributed by atoms with Crippen molar-refractivity contribution in [2.24, 2.45) is 0 Å². The van der Waals surface area contributed by atoms with Crippen LogP contribution in [0.15, 0.2) is 60.9 Å². The minimum atomic E-state index is -0.461. The zero-order valence-electron chi connectivity index (χ0n) is 14.1. The molecule has 3 rings (SSSR count). The number of ether oxygens (including phenoxy) is 2. The molecular weight excluding hydrogens is 316 g/mol. The van der Waals surface area contributed by atoms with Gasteiger partial charge in [0, 0.05) is 23.5 Å². The minimum Gasteiger partial charge on any atom is -0.497 e. The summed E-state index contributed by atoms with van der Waals surface area (Å²) in [7, 11) is 1.62. The van der Waals surface area contributed by atoms with Gasteiger partial charge in [-0.25, -0.2) is 9.78 Å². The summed E-state index contributed by atoms with van der Waals surface area (Å²) < 4.78 is 10.5. The van der Waals surface area contributed by atoms with Gasteiger partial charge in [0.05, 0.1) is 12.8 Å². The van der Waals surface area contributed by atoms with E-state index in [4.69, 9.17) is 9.47 Å². The third kappa shape index (κ3) is 4.20. The zero-order chi connectivity index (χ0) is 17.6. The van der Waals surface area contributed by atoms with Gasteiger partial charge in [-0.05, 0) is 55.0 Å². The van der Waals surface area contributed by atoms with Crippen LogP contribution in [0, 0.1) is 6.92 Å². The van der Waals surface area contributed by atoms with Gasteiger partial charge in [-0.1, -0.05) is 6.07 Å². The van der Waals surface area contributed by atoms with Gasteiger partial charge in [0.15, 0.2) is 0 Å². The summed E-state index contributed by atoms with van der Waals surface area (Å²) >= 11 is 0. The molecule has 0 N–H and O–H groups in total. The molecule has 0 saturated carbocycles. The average Bonchev–Trinajstić information content (AvgIpc) is 2.66. The van der Waals surface area contributed by atoms with Gasteiger partial charge in [0.25, 0.3) is 0 Å². The van der Waals surface area contributed by atoms with Crippen LogP contribution in [0.3, 0.4) is 0 Å². The number of aryl methyl sites for hydroxylation is 1. The van der Waals surface area contributed by atoms with Crippen LogP contribution in [0.4, 0.5) is 0 Å². The zero-order valence-corrected chi connectivity index (χ0v) is 14.1. The quantitative estimate of drug-likeness (QED) is 0.664. The Labute approximate surface area is 146 Å². The molecule has 25 heavy (non-hydrogen) atoms. The third-order valence-corrected chi connectivity index (χ3v) is 3.65. The lowest BCUT2D eigenvalue weighted by atomic mass is 10.1. The third-order valence-electron chi connectivity index (χ3n) is 3.65. The Morgan fingerprint density at radius 3 is 2.60 bits per heavy atom. The molecule has 0 aliphatic rings. The molecule has 0 radical (unpaired) electrons. The first-order valence-corrected chi connectivity index (χ1v) is 7.85. The standard InChI is InChI=1S/C20H18N2O3/c1-14-10-15(12-21-11-14)13-25-20(23)19-5-3-4-18(22-19)16-6-8-17(24-2)9-7-16/h3-12H,13H2,1-2H3. The highest BCUT2D eigenvalue weighted by atomic mass is 16.5. The van der Waals surface area contributed by atoms with Crippen molar-refractivity contribution in [1.82, 2.24) is 9.97 Å². The van der Waals surface area contributed by atoms with Crippen LogP contribution in [-0.4, -0.2) is 23.0 Å². The molecule has 0 aliphatic heterocycles. The normalized spacial score (nSPS) is 10.3. The van der Waals surface area contributed by atoms with Gasteiger partial charge in [-0.3, -0.25) is 4.98 Å². The maximum absolute atomic E-state index is 12.3. The second kappa shape index (κ2) is 7.57. The smallest absolute Gasteiger partial charge is 0.357 e. The van der Waals surface area contributed by atoms with E-state index < -0.39 is 5.97 Å². The van der Waals surface area contributed by atoms with Crippen molar-refractivity contribution < 1.29 is 14.3 Å². The first kappa shape index (κ1) is 16.6. The molecule has 2 heterocycles. The Morgan fingerprint density at radius 2 is 1.88 bits per heavy atom. The molecule has 126 valence electrons. The average molecular weight is 334 g/mol. The molecule has 0 amide bonds. The van der Waals surface area contributed by atoms with Crippen molar-refractivity contribution in [2.75, 3.05) is 7.11 Å². The molecule has 0 unspecified atom stereocenters. The fourth-order valence-electron chi connectivity index (χ4n) is 2.39. The number of pyridine rings is 2. The number of carbonyl (C=O) groups is 1. The summed E-state index contributed by atoms with van der Waals surface area (Å²) in [5.41, 5.74) is 3.74. The van der Waals surface area contributed by atoms with E-state index in [0.717, 1.165) is 22.4 Å². The van der Waals surface area contributed by atoms with E-state index in [1.54, 1.807) is 31.6 Å². The summed E-state index contributed by atoms with van der Waals surface area (Å²) in [6.07, 6.45) is 3.44. The number of nitrogens with zero attached hydrogens (tertiary/aromatic N) is 2. The maximum Gasteiger partial charge on any atom is 0.357 e. The van der Waals surface area contributed by atoms with E-state index in [0.29, 0.717) is 5.69 Å². The molecule has 0 atom stereocenters. The van der Waals surface area contributed by atoms with Crippen LogP contribution < -0.4 is 4.74 Å². The Morgan fingerprint density at radius 1 is 1.08 bits per heavy atom. The molecule has 0 spiro atoms. The topological polar surface area (TPSA) is 61.3 Å². The number of hydrogen-bond donors (Lipinski definition) is 0. The van der Waals surface area contributed by atoms with Crippen LogP contribution in [-0.2, 0) is 11.3 Å². The SMILES string of the molecule is COc1ccc(-c2cccc(C(=O)OCc3cncc(C)c3)n2)cc1. The summed E-state index contributed by atoms with van der Waals surface area (Å²) in [4.78, 5) is 20.7. The van der Waals surface area contributed by atoms with Crippen molar-refractivity contribution in [1.29, 1.82) is 0 Å². The highest BCUT2D eigenvalue weighted by Crippen LogP contribution is 2.21. The largest absolute Gasteiger partial charge is 0.497 e. The number of methoxy groups -OCH3 is 1. The highest BCUT2D eigenvalue weighted by Gasteiger charge is 2.11. The fraction of sp³-hybridized carbons (Fsp3) is 0.150. The molecule has 5 nitrogen and oxygen atoms in total. The Hall–Kier alpha value is -3.21. The first-order valence-electron chi connectivity index (χ1n) is 7.85. The molecule has 2 aromatic heterocycles. The predicted molar refractivity (Wildman–Crippen MR) is 94.3 cm³/mol. The number of esters is 1. The Bertz CT molecular complexity index is 876. The van der Waals surface area contributed by atoms with E-state index >= 15 is 0 Å². The van der Waals surface area contributed by atoms with Crippen molar-refractivity contribution in [3.63, 3.8) is 0 Å². The number of hydrogen-bond acceptors (Lipinski definition) is 5. The summed E-state index contributed by atoms with van der Waals surface area (Å²) in [5, 5.41) is 0. The lowest BCUT2D eigenvalue weighted by Gasteiger charge is -2.07. The molecule has 3 aromatic rings. The lowest BCUT2D eigenvalue weighted by Crippen LogP contribution is -2.08. The molecule has 0 saturated heterocycles. The first-order chi connectivity index (χ1) is 12.2. The maximum atomic E-state index is 12.3. The number of carbonyl (C=O) groups excluding carboxylic acids is 1. The number of aromatic nitrogens is 2. The molecular formula is C20H18N2O3. The molecule has 0 aliphatic carbocycles.